The molecule has 5 heteroatoms. The van der Waals surface area contributed by atoms with Crippen LogP contribution < -0.4 is 0 Å². The van der Waals surface area contributed by atoms with Gasteiger partial charge in [0, 0.05) is 12.3 Å². The van der Waals surface area contributed by atoms with Crippen LogP contribution in [0.4, 0.5) is 4.79 Å². The topological polar surface area (TPSA) is 72.8 Å². The Morgan fingerprint density at radius 3 is 1.97 bits per heavy atom. The lowest BCUT2D eigenvalue weighted by Gasteiger charge is -2.17. The van der Waals surface area contributed by atoms with Crippen LogP contribution in [0.2, 0.25) is 0 Å². The number of aliphatic carboxylic acids is 1. The molecule has 0 saturated heterocycles. The van der Waals surface area contributed by atoms with Crippen LogP contribution in [0.25, 0.3) is 11.1 Å². The van der Waals surface area contributed by atoms with Crippen LogP contribution in [0.1, 0.15) is 22.6 Å². The van der Waals surface area contributed by atoms with Crippen molar-refractivity contribution in [2.24, 2.45) is 0 Å². The third-order valence-electron chi connectivity index (χ3n) is 5.11. The van der Waals surface area contributed by atoms with E-state index in [1.807, 2.05) is 66.7 Å². The van der Waals surface area contributed by atoms with E-state index in [0.717, 1.165) is 27.8 Å². The van der Waals surface area contributed by atoms with Gasteiger partial charge in [-0.2, -0.15) is 0 Å². The Bertz CT molecular complexity index is 983. The lowest BCUT2D eigenvalue weighted by atomic mass is 9.98. The molecule has 0 aliphatic heterocycles. The molecule has 0 amide bonds. The number of carbonyl (C=O) groups is 2. The molecule has 1 N–H and O–H groups in total. The van der Waals surface area contributed by atoms with E-state index >= 15 is 0 Å². The SMILES string of the molecule is O=C(OCC1c2ccccc2-c2ccccc21)O[C@@H](Cc1ccccc1)C(=O)O. The second kappa shape index (κ2) is 8.19. The van der Waals surface area contributed by atoms with Gasteiger partial charge in [0.15, 0.2) is 0 Å². The van der Waals surface area contributed by atoms with Gasteiger partial charge in [0.25, 0.3) is 0 Å². The Labute approximate surface area is 168 Å². The van der Waals surface area contributed by atoms with Crippen molar-refractivity contribution in [2.75, 3.05) is 6.61 Å². The summed E-state index contributed by atoms with van der Waals surface area (Å²) in [5.41, 5.74) is 5.18. The van der Waals surface area contributed by atoms with Gasteiger partial charge in [-0.1, -0.05) is 78.9 Å². The largest absolute Gasteiger partial charge is 0.509 e. The molecule has 0 saturated carbocycles. The predicted molar refractivity (Wildman–Crippen MR) is 108 cm³/mol. The number of rotatable bonds is 6. The van der Waals surface area contributed by atoms with Gasteiger partial charge in [-0.25, -0.2) is 9.59 Å². The van der Waals surface area contributed by atoms with Crippen LogP contribution in [-0.4, -0.2) is 29.9 Å². The van der Waals surface area contributed by atoms with Crippen LogP contribution >= 0.6 is 0 Å². The van der Waals surface area contributed by atoms with Crippen molar-refractivity contribution in [1.29, 1.82) is 0 Å². The maximum absolute atomic E-state index is 12.2. The lowest BCUT2D eigenvalue weighted by molar-refractivity contribution is -0.148. The Morgan fingerprint density at radius 1 is 0.828 bits per heavy atom. The first-order valence-corrected chi connectivity index (χ1v) is 9.42. The zero-order chi connectivity index (χ0) is 20.2. The molecule has 0 radical (unpaired) electrons. The third-order valence-corrected chi connectivity index (χ3v) is 5.11. The average molecular weight is 388 g/mol. The number of hydrogen-bond acceptors (Lipinski definition) is 4. The molecule has 1 aliphatic carbocycles. The minimum atomic E-state index is -1.30. The highest BCUT2D eigenvalue weighted by Crippen LogP contribution is 2.44. The molecule has 0 unspecified atom stereocenters. The number of benzene rings is 3. The highest BCUT2D eigenvalue weighted by molar-refractivity contribution is 5.79. The van der Waals surface area contributed by atoms with Gasteiger partial charge < -0.3 is 14.6 Å². The summed E-state index contributed by atoms with van der Waals surface area (Å²) in [7, 11) is 0. The van der Waals surface area contributed by atoms with Gasteiger partial charge >= 0.3 is 12.1 Å². The first-order valence-electron chi connectivity index (χ1n) is 9.42. The number of hydrogen-bond donors (Lipinski definition) is 1. The van der Waals surface area contributed by atoms with Gasteiger partial charge in [-0.05, 0) is 27.8 Å². The molecule has 1 aliphatic rings. The number of carbonyl (C=O) groups excluding carboxylic acids is 1. The molecule has 0 fully saturated rings. The summed E-state index contributed by atoms with van der Waals surface area (Å²) in [6.07, 6.45) is -2.19. The van der Waals surface area contributed by atoms with Crippen molar-refractivity contribution in [2.45, 2.75) is 18.4 Å². The van der Waals surface area contributed by atoms with Gasteiger partial charge in [0.2, 0.25) is 6.10 Å². The van der Waals surface area contributed by atoms with Crippen LogP contribution in [0.3, 0.4) is 0 Å². The van der Waals surface area contributed by atoms with E-state index in [2.05, 4.69) is 0 Å². The summed E-state index contributed by atoms with van der Waals surface area (Å²) >= 11 is 0. The van der Waals surface area contributed by atoms with Crippen molar-refractivity contribution >= 4 is 12.1 Å². The van der Waals surface area contributed by atoms with E-state index in [1.165, 1.54) is 0 Å². The van der Waals surface area contributed by atoms with E-state index in [4.69, 9.17) is 9.47 Å². The smallest absolute Gasteiger partial charge is 0.478 e. The average Bonchev–Trinajstić information content (AvgIpc) is 3.06. The minimum absolute atomic E-state index is 0.0837. The maximum Gasteiger partial charge on any atom is 0.509 e. The number of carboxylic acid groups (broad SMARTS) is 1. The fourth-order valence-electron chi connectivity index (χ4n) is 3.75. The first-order chi connectivity index (χ1) is 14.1. The van der Waals surface area contributed by atoms with E-state index in [-0.39, 0.29) is 18.9 Å². The lowest BCUT2D eigenvalue weighted by Crippen LogP contribution is -2.30. The summed E-state index contributed by atoms with van der Waals surface area (Å²) in [5, 5.41) is 9.39. The van der Waals surface area contributed by atoms with Crippen molar-refractivity contribution in [3.05, 3.63) is 95.6 Å². The quantitative estimate of drug-likeness (QED) is 0.623. The Kier molecular flexibility index (Phi) is 5.29. The van der Waals surface area contributed by atoms with E-state index < -0.39 is 18.2 Å². The molecule has 1 atom stereocenters. The molecular weight excluding hydrogens is 368 g/mol. The van der Waals surface area contributed by atoms with Crippen molar-refractivity contribution in [1.82, 2.24) is 0 Å². The summed E-state index contributed by atoms with van der Waals surface area (Å²) < 4.78 is 10.4. The monoisotopic (exact) mass is 388 g/mol. The summed E-state index contributed by atoms with van der Waals surface area (Å²) in [4.78, 5) is 23.7. The molecule has 0 aromatic heterocycles. The Hall–Kier alpha value is -3.60. The standard InChI is InChI=1S/C24H20O5/c25-23(26)22(14-16-8-2-1-3-9-16)29-24(27)28-15-21-19-12-6-4-10-17(19)18-11-5-7-13-20(18)21/h1-13,21-22H,14-15H2,(H,25,26)/t22-/m0/s1. The second-order valence-corrected chi connectivity index (χ2v) is 6.92. The van der Waals surface area contributed by atoms with Crippen molar-refractivity contribution < 1.29 is 24.2 Å². The van der Waals surface area contributed by atoms with E-state index in [1.54, 1.807) is 12.1 Å². The molecule has 146 valence electrons. The van der Waals surface area contributed by atoms with E-state index in [9.17, 15) is 14.7 Å². The van der Waals surface area contributed by atoms with Crippen molar-refractivity contribution in [3.8, 4) is 11.1 Å². The van der Waals surface area contributed by atoms with Gasteiger partial charge in [-0.15, -0.1) is 0 Å². The highest BCUT2D eigenvalue weighted by Gasteiger charge is 2.30. The highest BCUT2D eigenvalue weighted by atomic mass is 16.7. The van der Waals surface area contributed by atoms with Crippen LogP contribution in [0.15, 0.2) is 78.9 Å². The number of fused-ring (bicyclic) bond motifs is 3. The molecule has 4 rings (SSSR count). The third kappa shape index (κ3) is 3.99. The van der Waals surface area contributed by atoms with Crippen molar-refractivity contribution in [3.63, 3.8) is 0 Å². The van der Waals surface area contributed by atoms with Crippen LogP contribution in [0.5, 0.6) is 0 Å². The maximum atomic E-state index is 12.2. The molecule has 5 nitrogen and oxygen atoms in total. The molecule has 0 spiro atoms. The molecule has 29 heavy (non-hydrogen) atoms. The van der Waals surface area contributed by atoms with Gasteiger partial charge in [-0.3, -0.25) is 0 Å². The predicted octanol–water partition coefficient (Wildman–Crippen LogP) is 4.65. The fraction of sp³-hybridized carbons (Fsp3) is 0.167. The molecule has 0 heterocycles. The normalized spacial score (nSPS) is 13.2. The summed E-state index contributed by atoms with van der Waals surface area (Å²) in [6.45, 7) is 0.0878. The first kappa shape index (κ1) is 18.7. The van der Waals surface area contributed by atoms with Gasteiger partial charge in [0.1, 0.15) is 6.61 Å². The second-order valence-electron chi connectivity index (χ2n) is 6.92. The molecule has 3 aromatic rings. The fourth-order valence-corrected chi connectivity index (χ4v) is 3.75. The van der Waals surface area contributed by atoms with Gasteiger partial charge in [0.05, 0.1) is 0 Å². The van der Waals surface area contributed by atoms with Crippen LogP contribution in [0, 0.1) is 0 Å². The Morgan fingerprint density at radius 2 is 1.38 bits per heavy atom. The minimum Gasteiger partial charge on any atom is -0.478 e. The molecular formula is C24H20O5. The summed E-state index contributed by atoms with van der Waals surface area (Å²) in [6, 6.07) is 25.0. The zero-order valence-corrected chi connectivity index (χ0v) is 15.7. The summed E-state index contributed by atoms with van der Waals surface area (Å²) in [5.74, 6) is -1.31. The zero-order valence-electron chi connectivity index (χ0n) is 15.7. The van der Waals surface area contributed by atoms with E-state index in [0.29, 0.717) is 0 Å². The molecule has 0 bridgehead atoms. The Balaban J connectivity index is 1.43. The molecule has 3 aromatic carbocycles. The van der Waals surface area contributed by atoms with Crippen LogP contribution in [-0.2, 0) is 20.7 Å². The number of carboxylic acids is 1. The number of ether oxygens (including phenoxy) is 2.